The van der Waals surface area contributed by atoms with E-state index < -0.39 is 21.8 Å². The average molecular weight is 507 g/mol. The van der Waals surface area contributed by atoms with Gasteiger partial charge in [-0.2, -0.15) is 9.65 Å². The molecule has 3 unspecified atom stereocenters. The van der Waals surface area contributed by atoms with Gasteiger partial charge in [-0.05, 0) is 30.4 Å². The van der Waals surface area contributed by atoms with Crippen LogP contribution in [0.5, 0.6) is 0 Å². The summed E-state index contributed by atoms with van der Waals surface area (Å²) < 4.78 is 36.7. The predicted octanol–water partition coefficient (Wildman–Crippen LogP) is 4.31. The van der Waals surface area contributed by atoms with Crippen LogP contribution in [0.25, 0.3) is 6.08 Å². The third-order valence-electron chi connectivity index (χ3n) is 6.23. The topological polar surface area (TPSA) is 112 Å². The van der Waals surface area contributed by atoms with Crippen molar-refractivity contribution >= 4 is 27.6 Å². The molecule has 0 bridgehead atoms. The normalized spacial score (nSPS) is 19.6. The summed E-state index contributed by atoms with van der Waals surface area (Å²) in [6.07, 6.45) is 7.09. The maximum absolute atomic E-state index is 13.9. The standard InChI is InChI=1S/C26H27FN6O2S/c1-17(9-10-18-7-5-4-6-8-18)22-12-11-21-23(36(35,29-2)32-22)16-33(3)25(21)26(34)31-19-13-20(15-28)30-24(27)14-19/h4-8,11-14,16-17,22H,9-10H2,1-3H3,(H,29,32,35)(H,30,31,34). The average Bonchev–Trinajstić information content (AvgIpc) is 3.14. The molecule has 1 aliphatic rings. The Kier molecular flexibility index (Phi) is 7.33. The number of nitriles is 1. The lowest BCUT2D eigenvalue weighted by atomic mass is 9.94. The van der Waals surface area contributed by atoms with E-state index in [4.69, 9.17) is 5.26 Å². The van der Waals surface area contributed by atoms with Crippen LogP contribution in [-0.4, -0.2) is 32.8 Å². The van der Waals surface area contributed by atoms with Crippen LogP contribution < -0.4 is 10.0 Å². The number of benzene rings is 1. The van der Waals surface area contributed by atoms with Gasteiger partial charge in [-0.25, -0.2) is 18.3 Å². The van der Waals surface area contributed by atoms with Crippen molar-refractivity contribution in [3.8, 4) is 6.07 Å². The van der Waals surface area contributed by atoms with Crippen LogP contribution in [-0.2, 0) is 23.4 Å². The van der Waals surface area contributed by atoms with Gasteiger partial charge >= 0.3 is 0 Å². The zero-order valence-corrected chi connectivity index (χ0v) is 21.1. The number of carbonyl (C=O) groups is 1. The first kappa shape index (κ1) is 25.3. The fourth-order valence-electron chi connectivity index (χ4n) is 4.26. The van der Waals surface area contributed by atoms with E-state index in [1.54, 1.807) is 30.0 Å². The highest BCUT2D eigenvalue weighted by atomic mass is 32.2. The van der Waals surface area contributed by atoms with Crippen molar-refractivity contribution in [2.75, 3.05) is 12.4 Å². The second-order valence-electron chi connectivity index (χ2n) is 8.71. The number of hydrogen-bond acceptors (Lipinski definition) is 5. The van der Waals surface area contributed by atoms with E-state index in [1.807, 2.05) is 24.3 Å². The molecule has 0 saturated carbocycles. The molecule has 2 aromatic heterocycles. The Balaban J connectivity index is 1.64. The minimum atomic E-state index is -3.03. The Morgan fingerprint density at radius 2 is 2.11 bits per heavy atom. The number of nitrogens with one attached hydrogen (secondary N) is 2. The SMILES string of the molecule is CN=S1(=O)NC(C(C)CCc2ccccc2)C=Cc2c1cn(C)c2C(=O)Nc1cc(F)nc(C#N)c1. The number of halogens is 1. The molecule has 0 fully saturated rings. The van der Waals surface area contributed by atoms with Crippen LogP contribution in [0.2, 0.25) is 0 Å². The fourth-order valence-corrected chi connectivity index (χ4v) is 6.13. The van der Waals surface area contributed by atoms with Gasteiger partial charge in [-0.3, -0.25) is 4.79 Å². The third-order valence-corrected chi connectivity index (χ3v) is 8.26. The zero-order valence-electron chi connectivity index (χ0n) is 20.2. The number of aromatic nitrogens is 2. The molecule has 3 atom stereocenters. The molecule has 4 rings (SSSR count). The molecule has 0 aliphatic carbocycles. The molecular weight excluding hydrogens is 479 g/mol. The van der Waals surface area contributed by atoms with E-state index >= 15 is 0 Å². The van der Waals surface area contributed by atoms with E-state index in [0.717, 1.165) is 18.9 Å². The second-order valence-corrected chi connectivity index (χ2v) is 10.8. The first-order valence-corrected chi connectivity index (χ1v) is 13.0. The van der Waals surface area contributed by atoms with Crippen molar-refractivity contribution in [1.29, 1.82) is 5.26 Å². The summed E-state index contributed by atoms with van der Waals surface area (Å²) in [6, 6.07) is 14.0. The molecular formula is C26H27FN6O2S. The van der Waals surface area contributed by atoms with E-state index in [2.05, 4.69) is 38.4 Å². The van der Waals surface area contributed by atoms with Crippen LogP contribution in [0.1, 0.15) is 40.7 Å². The fraction of sp³-hybridized carbons (Fsp3) is 0.269. The summed E-state index contributed by atoms with van der Waals surface area (Å²) in [6.45, 7) is 2.09. The van der Waals surface area contributed by atoms with Gasteiger partial charge in [0.05, 0.1) is 4.90 Å². The number of nitrogens with zero attached hydrogens (tertiary/aromatic N) is 4. The van der Waals surface area contributed by atoms with Crippen LogP contribution in [0.3, 0.4) is 0 Å². The van der Waals surface area contributed by atoms with Gasteiger partial charge in [0, 0.05) is 43.7 Å². The van der Waals surface area contributed by atoms with Crippen molar-refractivity contribution < 1.29 is 13.4 Å². The lowest BCUT2D eigenvalue weighted by Gasteiger charge is -2.23. The lowest BCUT2D eigenvalue weighted by molar-refractivity contribution is 0.101. The van der Waals surface area contributed by atoms with Gasteiger partial charge in [0.15, 0.2) is 0 Å². The molecule has 1 amide bonds. The monoisotopic (exact) mass is 506 g/mol. The van der Waals surface area contributed by atoms with E-state index in [9.17, 15) is 13.4 Å². The Morgan fingerprint density at radius 1 is 1.36 bits per heavy atom. The number of rotatable bonds is 6. The molecule has 3 heterocycles. The first-order chi connectivity index (χ1) is 17.2. The van der Waals surface area contributed by atoms with Gasteiger partial charge < -0.3 is 9.88 Å². The van der Waals surface area contributed by atoms with Crippen molar-refractivity contribution in [2.45, 2.75) is 30.7 Å². The molecule has 2 N–H and O–H groups in total. The van der Waals surface area contributed by atoms with Crippen molar-refractivity contribution in [3.63, 3.8) is 0 Å². The number of amides is 1. The van der Waals surface area contributed by atoms with Gasteiger partial charge in [0.25, 0.3) is 5.91 Å². The summed E-state index contributed by atoms with van der Waals surface area (Å²) in [4.78, 5) is 17.1. The molecule has 3 aromatic rings. The smallest absolute Gasteiger partial charge is 0.272 e. The van der Waals surface area contributed by atoms with Gasteiger partial charge in [-0.15, -0.1) is 0 Å². The number of pyridine rings is 1. The van der Waals surface area contributed by atoms with Crippen LogP contribution in [0.4, 0.5) is 10.1 Å². The van der Waals surface area contributed by atoms with Gasteiger partial charge in [0.1, 0.15) is 27.4 Å². The number of carbonyl (C=O) groups excluding carboxylic acids is 1. The maximum atomic E-state index is 13.9. The minimum Gasteiger partial charge on any atom is -0.345 e. The molecule has 36 heavy (non-hydrogen) atoms. The molecule has 10 heteroatoms. The number of hydrogen-bond donors (Lipinski definition) is 2. The van der Waals surface area contributed by atoms with Crippen molar-refractivity contribution in [1.82, 2.24) is 14.3 Å². The third kappa shape index (κ3) is 5.22. The number of aryl methyl sites for hydroxylation is 2. The molecule has 8 nitrogen and oxygen atoms in total. The molecule has 1 aliphatic heterocycles. The Hall–Kier alpha value is -3.81. The van der Waals surface area contributed by atoms with Crippen molar-refractivity contribution in [2.24, 2.45) is 17.3 Å². The van der Waals surface area contributed by atoms with E-state index in [-0.39, 0.29) is 29.0 Å². The highest BCUT2D eigenvalue weighted by molar-refractivity contribution is 7.91. The summed E-state index contributed by atoms with van der Waals surface area (Å²) in [7, 11) is 0.132. The first-order valence-electron chi connectivity index (χ1n) is 11.5. The summed E-state index contributed by atoms with van der Waals surface area (Å²) in [5.74, 6) is -1.27. The molecule has 0 radical (unpaired) electrons. The molecule has 1 aromatic carbocycles. The Labute approximate surface area is 210 Å². The molecule has 0 saturated heterocycles. The maximum Gasteiger partial charge on any atom is 0.272 e. The van der Waals surface area contributed by atoms with Crippen LogP contribution in [0.15, 0.2) is 64.0 Å². The number of fused-ring (bicyclic) bond motifs is 1. The largest absolute Gasteiger partial charge is 0.345 e. The molecule has 186 valence electrons. The minimum absolute atomic E-state index is 0.100. The van der Waals surface area contributed by atoms with Gasteiger partial charge in [0.2, 0.25) is 5.95 Å². The highest BCUT2D eigenvalue weighted by Gasteiger charge is 2.30. The van der Waals surface area contributed by atoms with E-state index in [0.29, 0.717) is 10.5 Å². The van der Waals surface area contributed by atoms with Gasteiger partial charge in [-0.1, -0.05) is 49.4 Å². The quantitative estimate of drug-likeness (QED) is 0.485. The summed E-state index contributed by atoms with van der Waals surface area (Å²) in [5.41, 5.74) is 1.90. The van der Waals surface area contributed by atoms with E-state index in [1.165, 1.54) is 18.7 Å². The zero-order chi connectivity index (χ0) is 25.9. The number of anilines is 1. The van der Waals surface area contributed by atoms with Crippen LogP contribution in [0, 0.1) is 23.2 Å². The summed E-state index contributed by atoms with van der Waals surface area (Å²) >= 11 is 0. The predicted molar refractivity (Wildman–Crippen MR) is 137 cm³/mol. The van der Waals surface area contributed by atoms with Crippen molar-refractivity contribution in [3.05, 3.63) is 83.2 Å². The molecule has 0 spiro atoms. The Morgan fingerprint density at radius 3 is 2.81 bits per heavy atom. The Bertz CT molecular complexity index is 1480. The van der Waals surface area contributed by atoms with Crippen LogP contribution >= 0.6 is 0 Å². The summed E-state index contributed by atoms with van der Waals surface area (Å²) in [5, 5.41) is 11.7. The lowest BCUT2D eigenvalue weighted by Crippen LogP contribution is -2.37. The highest BCUT2D eigenvalue weighted by Crippen LogP contribution is 2.30. The second kappa shape index (κ2) is 10.4.